The Morgan fingerprint density at radius 2 is 1.26 bits per heavy atom. The van der Waals surface area contributed by atoms with Crippen molar-refractivity contribution in [3.8, 4) is 0 Å². The number of alkyl halides is 4. The first-order valence-electron chi connectivity index (χ1n) is 7.58. The van der Waals surface area contributed by atoms with E-state index in [2.05, 4.69) is 6.92 Å². The molecule has 0 aromatic rings. The maximum Gasteiger partial charge on any atom is 0.390 e. The average molecular weight is 392 g/mol. The molecule has 0 fully saturated rings. The summed E-state index contributed by atoms with van der Waals surface area (Å²) in [5.74, 6) is 0. The molecule has 116 valence electrons. The van der Waals surface area contributed by atoms with E-state index in [1.807, 2.05) is 29.5 Å². The maximum absolute atomic E-state index is 12.5. The molecule has 0 rings (SSSR count). The van der Waals surface area contributed by atoms with Crippen molar-refractivity contribution in [3.63, 3.8) is 0 Å². The van der Waals surface area contributed by atoms with Gasteiger partial charge in [-0.1, -0.05) is 87.8 Å². The fraction of sp³-hybridized carbons (Fsp3) is 1.00. The largest absolute Gasteiger partial charge is 0.390 e. The van der Waals surface area contributed by atoms with Gasteiger partial charge in [-0.2, -0.15) is 13.2 Å². The summed E-state index contributed by atoms with van der Waals surface area (Å²) in [5.41, 5.74) is 0. The maximum atomic E-state index is 12.5. The monoisotopic (exact) mass is 392 g/mol. The van der Waals surface area contributed by atoms with E-state index < -0.39 is 16.0 Å². The Bertz CT molecular complexity index is 216. The first kappa shape index (κ1) is 19.5. The number of hydrogen-bond donors (Lipinski definition) is 0. The van der Waals surface area contributed by atoms with Gasteiger partial charge in [0.15, 0.2) is 0 Å². The van der Waals surface area contributed by atoms with Crippen LogP contribution in [0.1, 0.15) is 84.5 Å². The minimum absolute atomic E-state index is 0.585. The van der Waals surface area contributed by atoms with Gasteiger partial charge in [0.2, 0.25) is 0 Å². The van der Waals surface area contributed by atoms with Gasteiger partial charge in [0.25, 0.3) is 0 Å². The van der Waals surface area contributed by atoms with Crippen molar-refractivity contribution >= 4 is 22.6 Å². The summed E-state index contributed by atoms with van der Waals surface area (Å²) in [6.45, 7) is 4.06. The highest BCUT2D eigenvalue weighted by atomic mass is 127. The van der Waals surface area contributed by atoms with E-state index in [1.54, 1.807) is 0 Å². The van der Waals surface area contributed by atoms with Gasteiger partial charge in [-0.3, -0.25) is 0 Å². The average Bonchev–Trinajstić information content (AvgIpc) is 2.30. The van der Waals surface area contributed by atoms with Crippen LogP contribution in [0, 0.1) is 0 Å². The number of rotatable bonds is 11. The van der Waals surface area contributed by atoms with E-state index >= 15 is 0 Å². The fourth-order valence-corrected chi connectivity index (χ4v) is 3.14. The van der Waals surface area contributed by atoms with E-state index in [1.165, 1.54) is 38.5 Å². The van der Waals surface area contributed by atoms with Crippen molar-refractivity contribution in [2.24, 2.45) is 0 Å². The Morgan fingerprint density at radius 3 is 1.68 bits per heavy atom. The van der Waals surface area contributed by atoms with Crippen molar-refractivity contribution in [1.29, 1.82) is 0 Å². The number of hydrogen-bond acceptors (Lipinski definition) is 0. The quantitative estimate of drug-likeness (QED) is 0.201. The van der Waals surface area contributed by atoms with Crippen molar-refractivity contribution in [2.75, 3.05) is 0 Å². The topological polar surface area (TPSA) is 0 Å². The van der Waals surface area contributed by atoms with Crippen LogP contribution >= 0.6 is 22.6 Å². The van der Waals surface area contributed by atoms with E-state index in [4.69, 9.17) is 0 Å². The van der Waals surface area contributed by atoms with Gasteiger partial charge in [0.1, 0.15) is 0 Å². The third-order valence-corrected chi connectivity index (χ3v) is 5.31. The van der Waals surface area contributed by atoms with E-state index in [9.17, 15) is 13.2 Å². The van der Waals surface area contributed by atoms with Crippen LogP contribution in [0.25, 0.3) is 0 Å². The second kappa shape index (κ2) is 10.3. The summed E-state index contributed by atoms with van der Waals surface area (Å²) in [6.07, 6.45) is 6.17. The highest BCUT2D eigenvalue weighted by Gasteiger charge is 2.39. The molecule has 0 saturated carbocycles. The van der Waals surface area contributed by atoms with Crippen LogP contribution in [-0.4, -0.2) is 9.60 Å². The van der Waals surface area contributed by atoms with Crippen LogP contribution in [0.3, 0.4) is 0 Å². The SMILES string of the molecule is CCCCCCCCCCC(I)(CC)CC(F)(F)F. The summed E-state index contributed by atoms with van der Waals surface area (Å²) in [4.78, 5) is 0. The molecule has 0 amide bonds. The lowest BCUT2D eigenvalue weighted by atomic mass is 9.94. The lowest BCUT2D eigenvalue weighted by Crippen LogP contribution is -2.27. The van der Waals surface area contributed by atoms with Gasteiger partial charge in [0.05, 0.1) is 6.42 Å². The van der Waals surface area contributed by atoms with Crippen LogP contribution < -0.4 is 0 Å². The highest BCUT2D eigenvalue weighted by Crippen LogP contribution is 2.40. The molecule has 0 aliphatic rings. The Hall–Kier alpha value is 0.520. The van der Waals surface area contributed by atoms with E-state index in [0.717, 1.165) is 12.8 Å². The second-order valence-electron chi connectivity index (χ2n) is 5.52. The lowest BCUT2D eigenvalue weighted by molar-refractivity contribution is -0.140. The fourth-order valence-electron chi connectivity index (χ4n) is 2.33. The first-order valence-corrected chi connectivity index (χ1v) is 8.66. The normalized spacial score (nSPS) is 15.5. The molecule has 0 aliphatic heterocycles. The van der Waals surface area contributed by atoms with Crippen molar-refractivity contribution < 1.29 is 13.2 Å². The highest BCUT2D eigenvalue weighted by molar-refractivity contribution is 14.1. The summed E-state index contributed by atoms with van der Waals surface area (Å²) in [5, 5.41) is 0. The molecule has 0 aromatic carbocycles. The third-order valence-electron chi connectivity index (χ3n) is 3.63. The van der Waals surface area contributed by atoms with E-state index in [0.29, 0.717) is 12.8 Å². The molecular formula is C15H28F3I. The van der Waals surface area contributed by atoms with Crippen LogP contribution in [-0.2, 0) is 0 Å². The molecule has 0 bridgehead atoms. The molecule has 4 heteroatoms. The molecule has 0 heterocycles. The van der Waals surface area contributed by atoms with Crippen molar-refractivity contribution in [1.82, 2.24) is 0 Å². The molecule has 1 unspecified atom stereocenters. The minimum Gasteiger partial charge on any atom is -0.171 e. The number of halogens is 4. The Morgan fingerprint density at radius 1 is 0.789 bits per heavy atom. The molecule has 0 N–H and O–H groups in total. The van der Waals surface area contributed by atoms with Crippen LogP contribution in [0.4, 0.5) is 13.2 Å². The lowest BCUT2D eigenvalue weighted by Gasteiger charge is -2.27. The molecule has 0 spiro atoms. The van der Waals surface area contributed by atoms with Gasteiger partial charge in [0, 0.05) is 3.42 Å². The summed E-state index contributed by atoms with van der Waals surface area (Å²) in [6, 6.07) is 0. The molecule has 0 saturated heterocycles. The molecule has 19 heavy (non-hydrogen) atoms. The second-order valence-corrected chi connectivity index (χ2v) is 7.81. The molecule has 0 nitrogen and oxygen atoms in total. The van der Waals surface area contributed by atoms with Gasteiger partial charge in [-0.05, 0) is 12.8 Å². The molecule has 0 aliphatic carbocycles. The molecule has 0 aromatic heterocycles. The predicted molar refractivity (Wildman–Crippen MR) is 84.9 cm³/mol. The predicted octanol–water partition coefficient (Wildman–Crippen LogP) is 7.05. The smallest absolute Gasteiger partial charge is 0.171 e. The van der Waals surface area contributed by atoms with Crippen LogP contribution in [0.5, 0.6) is 0 Å². The zero-order valence-electron chi connectivity index (χ0n) is 12.3. The molecular weight excluding hydrogens is 364 g/mol. The summed E-state index contributed by atoms with van der Waals surface area (Å²) < 4.78 is 36.9. The Kier molecular flexibility index (Phi) is 10.6. The first-order chi connectivity index (χ1) is 8.83. The third kappa shape index (κ3) is 12.0. The number of unbranched alkanes of at least 4 members (excludes halogenated alkanes) is 7. The van der Waals surface area contributed by atoms with Gasteiger partial charge in [-0.15, -0.1) is 0 Å². The standard InChI is InChI=1S/C15H28F3I/c1-3-5-6-7-8-9-10-11-12-14(19,4-2)13-15(16,17)18/h3-13H2,1-2H3. The zero-order valence-corrected chi connectivity index (χ0v) is 14.4. The van der Waals surface area contributed by atoms with Crippen molar-refractivity contribution in [3.05, 3.63) is 0 Å². The Balaban J connectivity index is 3.66. The Labute approximate surface area is 130 Å². The van der Waals surface area contributed by atoms with Gasteiger partial charge >= 0.3 is 6.18 Å². The molecule has 1 atom stereocenters. The van der Waals surface area contributed by atoms with Crippen LogP contribution in [0.2, 0.25) is 0 Å². The molecule has 0 radical (unpaired) electrons. The summed E-state index contributed by atoms with van der Waals surface area (Å²) in [7, 11) is 0. The van der Waals surface area contributed by atoms with Crippen molar-refractivity contribution in [2.45, 2.75) is 94.1 Å². The summed E-state index contributed by atoms with van der Waals surface area (Å²) >= 11 is 2.02. The van der Waals surface area contributed by atoms with Crippen LogP contribution in [0.15, 0.2) is 0 Å². The van der Waals surface area contributed by atoms with Gasteiger partial charge < -0.3 is 0 Å². The minimum atomic E-state index is -4.03. The van der Waals surface area contributed by atoms with E-state index in [-0.39, 0.29) is 0 Å². The zero-order chi connectivity index (χ0) is 14.8. The van der Waals surface area contributed by atoms with Gasteiger partial charge in [-0.25, -0.2) is 0 Å².